The van der Waals surface area contributed by atoms with Crippen LogP contribution in [0.4, 0.5) is 13.2 Å². The van der Waals surface area contributed by atoms with Gasteiger partial charge in [0.25, 0.3) is 0 Å². The molecule has 0 amide bonds. The summed E-state index contributed by atoms with van der Waals surface area (Å²) in [4.78, 5) is 2.06. The highest BCUT2D eigenvalue weighted by molar-refractivity contribution is 5.16. The highest BCUT2D eigenvalue weighted by atomic mass is 19.4. The highest BCUT2D eigenvalue weighted by Gasteiger charge is 2.30. The lowest BCUT2D eigenvalue weighted by atomic mass is 10.0. The van der Waals surface area contributed by atoms with Gasteiger partial charge in [-0.1, -0.05) is 30.3 Å². The number of halogens is 3. The smallest absolute Gasteiger partial charge is 0.314 e. The van der Waals surface area contributed by atoms with Crippen LogP contribution < -0.4 is 5.32 Å². The van der Waals surface area contributed by atoms with Gasteiger partial charge in [0.05, 0.1) is 6.61 Å². The van der Waals surface area contributed by atoms with Crippen molar-refractivity contribution >= 4 is 0 Å². The van der Waals surface area contributed by atoms with Gasteiger partial charge in [0.1, 0.15) is 0 Å². The minimum atomic E-state index is -4.54. The van der Waals surface area contributed by atoms with Crippen LogP contribution in [0.25, 0.3) is 0 Å². The largest absolute Gasteiger partial charge is 0.522 e. The molecule has 1 saturated heterocycles. The molecule has 3 nitrogen and oxygen atoms in total. The van der Waals surface area contributed by atoms with Crippen LogP contribution in [0.3, 0.4) is 0 Å². The molecule has 1 aliphatic rings. The van der Waals surface area contributed by atoms with Crippen LogP contribution in [0.2, 0.25) is 0 Å². The van der Waals surface area contributed by atoms with Crippen LogP contribution in [0, 0.1) is 0 Å². The normalized spacial score (nSPS) is 21.1. The second kappa shape index (κ2) is 7.06. The van der Waals surface area contributed by atoms with Crippen molar-refractivity contribution in [3.8, 4) is 0 Å². The molecule has 0 aromatic heterocycles. The fourth-order valence-electron chi connectivity index (χ4n) is 2.46. The van der Waals surface area contributed by atoms with Gasteiger partial charge in [-0.05, 0) is 12.0 Å². The number of nitrogens with one attached hydrogen (secondary N) is 1. The van der Waals surface area contributed by atoms with Gasteiger partial charge in [0.15, 0.2) is 0 Å². The van der Waals surface area contributed by atoms with E-state index in [1.165, 1.54) is 5.56 Å². The lowest BCUT2D eigenvalue weighted by Gasteiger charge is -2.36. The van der Waals surface area contributed by atoms with Crippen molar-refractivity contribution in [1.29, 1.82) is 0 Å². The monoisotopic (exact) mass is 288 g/mol. The Morgan fingerprint density at radius 2 is 2.00 bits per heavy atom. The zero-order valence-electron chi connectivity index (χ0n) is 11.2. The molecule has 1 aromatic carbocycles. The minimum Gasteiger partial charge on any atom is -0.314 e. The minimum absolute atomic E-state index is 0.211. The Labute approximate surface area is 116 Å². The van der Waals surface area contributed by atoms with Gasteiger partial charge < -0.3 is 5.32 Å². The number of benzene rings is 1. The fourth-order valence-corrected chi connectivity index (χ4v) is 2.46. The molecule has 0 aliphatic carbocycles. The zero-order chi connectivity index (χ0) is 14.4. The summed E-state index contributed by atoms with van der Waals surface area (Å²) in [5.74, 6) is 0. The molecule has 2 rings (SSSR count). The topological polar surface area (TPSA) is 24.5 Å². The molecule has 1 unspecified atom stereocenters. The molecule has 20 heavy (non-hydrogen) atoms. The van der Waals surface area contributed by atoms with E-state index in [9.17, 15) is 13.2 Å². The van der Waals surface area contributed by atoms with Crippen molar-refractivity contribution in [1.82, 2.24) is 10.2 Å². The molecule has 0 spiro atoms. The average molecular weight is 288 g/mol. The van der Waals surface area contributed by atoms with Gasteiger partial charge in [-0.25, -0.2) is 0 Å². The number of hydrogen-bond donors (Lipinski definition) is 1. The SMILES string of the molecule is FC(F)(F)OCCN1CCNCC1Cc1ccccc1. The number of alkyl halides is 3. The maximum absolute atomic E-state index is 12.0. The van der Waals surface area contributed by atoms with Crippen LogP contribution in [-0.2, 0) is 11.2 Å². The molecule has 1 N–H and O–H groups in total. The Balaban J connectivity index is 1.85. The lowest BCUT2D eigenvalue weighted by molar-refractivity contribution is -0.325. The van der Waals surface area contributed by atoms with E-state index in [1.807, 2.05) is 30.3 Å². The van der Waals surface area contributed by atoms with Crippen molar-refractivity contribution in [2.45, 2.75) is 18.8 Å². The number of rotatable bonds is 5. The number of hydrogen-bond acceptors (Lipinski definition) is 3. The van der Waals surface area contributed by atoms with Gasteiger partial charge in [0, 0.05) is 32.2 Å². The standard InChI is InChI=1S/C14H19F3N2O/c15-14(16,17)20-9-8-19-7-6-18-11-13(19)10-12-4-2-1-3-5-12/h1-5,13,18H,6-11H2. The van der Waals surface area contributed by atoms with Gasteiger partial charge in [-0.3, -0.25) is 9.64 Å². The van der Waals surface area contributed by atoms with Crippen molar-refractivity contribution in [2.24, 2.45) is 0 Å². The van der Waals surface area contributed by atoms with E-state index >= 15 is 0 Å². The summed E-state index contributed by atoms with van der Waals surface area (Å²) in [5, 5.41) is 3.29. The van der Waals surface area contributed by atoms with Crippen LogP contribution in [0.1, 0.15) is 5.56 Å². The molecule has 1 fully saturated rings. The average Bonchev–Trinajstić information content (AvgIpc) is 2.40. The molecule has 1 atom stereocenters. The second-order valence-electron chi connectivity index (χ2n) is 4.88. The van der Waals surface area contributed by atoms with E-state index in [2.05, 4.69) is 15.0 Å². The van der Waals surface area contributed by atoms with Gasteiger partial charge in [-0.15, -0.1) is 13.2 Å². The highest BCUT2D eigenvalue weighted by Crippen LogP contribution is 2.17. The molecule has 0 radical (unpaired) electrons. The van der Waals surface area contributed by atoms with E-state index in [-0.39, 0.29) is 12.6 Å². The predicted octanol–water partition coefficient (Wildman–Crippen LogP) is 2.04. The summed E-state index contributed by atoms with van der Waals surface area (Å²) in [5.41, 5.74) is 1.20. The molecule has 6 heteroatoms. The first kappa shape index (κ1) is 15.3. The summed E-state index contributed by atoms with van der Waals surface area (Å²) in [7, 11) is 0. The first-order valence-electron chi connectivity index (χ1n) is 6.74. The molecule has 0 bridgehead atoms. The Hall–Kier alpha value is -1.11. The molecular weight excluding hydrogens is 269 g/mol. The van der Waals surface area contributed by atoms with E-state index in [0.29, 0.717) is 6.54 Å². The third-order valence-electron chi connectivity index (χ3n) is 3.43. The summed E-state index contributed by atoms with van der Waals surface area (Å²) in [6.45, 7) is 2.34. The first-order valence-corrected chi connectivity index (χ1v) is 6.74. The first-order chi connectivity index (χ1) is 9.54. The van der Waals surface area contributed by atoms with Gasteiger partial charge in [0.2, 0.25) is 0 Å². The molecular formula is C14H19F3N2O. The third kappa shape index (κ3) is 5.11. The molecule has 1 heterocycles. The van der Waals surface area contributed by atoms with Crippen LogP contribution in [-0.4, -0.2) is 50.1 Å². The zero-order valence-corrected chi connectivity index (χ0v) is 11.2. The second-order valence-corrected chi connectivity index (χ2v) is 4.88. The third-order valence-corrected chi connectivity index (χ3v) is 3.43. The van der Waals surface area contributed by atoms with E-state index in [0.717, 1.165) is 26.1 Å². The van der Waals surface area contributed by atoms with Crippen molar-refractivity contribution in [3.05, 3.63) is 35.9 Å². The lowest BCUT2D eigenvalue weighted by Crippen LogP contribution is -2.53. The summed E-state index contributed by atoms with van der Waals surface area (Å²) in [6, 6.07) is 10.2. The van der Waals surface area contributed by atoms with Crippen LogP contribution in [0.15, 0.2) is 30.3 Å². The fraction of sp³-hybridized carbons (Fsp3) is 0.571. The molecule has 1 aromatic rings. The van der Waals surface area contributed by atoms with E-state index in [1.54, 1.807) is 0 Å². The quantitative estimate of drug-likeness (QED) is 0.897. The van der Waals surface area contributed by atoms with Crippen molar-refractivity contribution in [3.63, 3.8) is 0 Å². The van der Waals surface area contributed by atoms with Crippen LogP contribution >= 0.6 is 0 Å². The summed E-state index contributed by atoms with van der Waals surface area (Å²) in [6.07, 6.45) is -3.71. The molecule has 112 valence electrons. The Kier molecular flexibility index (Phi) is 5.39. The maximum Gasteiger partial charge on any atom is 0.522 e. The van der Waals surface area contributed by atoms with Gasteiger partial charge in [-0.2, -0.15) is 0 Å². The number of piperazine rings is 1. The maximum atomic E-state index is 12.0. The number of nitrogens with zero attached hydrogens (tertiary/aromatic N) is 1. The van der Waals surface area contributed by atoms with Crippen LogP contribution in [0.5, 0.6) is 0 Å². The Bertz CT molecular complexity index is 397. The Morgan fingerprint density at radius 3 is 2.70 bits per heavy atom. The predicted molar refractivity (Wildman–Crippen MR) is 70.4 cm³/mol. The van der Waals surface area contributed by atoms with Crippen molar-refractivity contribution < 1.29 is 17.9 Å². The van der Waals surface area contributed by atoms with E-state index < -0.39 is 6.36 Å². The summed E-state index contributed by atoms with van der Waals surface area (Å²) >= 11 is 0. The Morgan fingerprint density at radius 1 is 1.25 bits per heavy atom. The molecule has 0 saturated carbocycles. The van der Waals surface area contributed by atoms with Gasteiger partial charge >= 0.3 is 6.36 Å². The van der Waals surface area contributed by atoms with Crippen molar-refractivity contribution in [2.75, 3.05) is 32.8 Å². The number of ether oxygens (including phenoxy) is 1. The molecule has 1 aliphatic heterocycles. The summed E-state index contributed by atoms with van der Waals surface area (Å²) < 4.78 is 39.9. The van der Waals surface area contributed by atoms with E-state index in [4.69, 9.17) is 0 Å².